The maximum absolute atomic E-state index is 4.43. The fourth-order valence-corrected chi connectivity index (χ4v) is 2.06. The molecule has 15 heavy (non-hydrogen) atoms. The van der Waals surface area contributed by atoms with Gasteiger partial charge in [0.05, 0.1) is 6.04 Å². The van der Waals surface area contributed by atoms with Gasteiger partial charge in [-0.2, -0.15) is 4.80 Å². The summed E-state index contributed by atoms with van der Waals surface area (Å²) in [7, 11) is 1.94. The van der Waals surface area contributed by atoms with Gasteiger partial charge in [0.25, 0.3) is 0 Å². The van der Waals surface area contributed by atoms with E-state index in [-0.39, 0.29) is 0 Å². The molecule has 1 fully saturated rings. The molecule has 1 heterocycles. The SMILES string of the molecule is CNCCc1nnn(C2CCCCC2)n1. The summed E-state index contributed by atoms with van der Waals surface area (Å²) < 4.78 is 0. The minimum Gasteiger partial charge on any atom is -0.319 e. The van der Waals surface area contributed by atoms with E-state index in [9.17, 15) is 0 Å². The van der Waals surface area contributed by atoms with Crippen LogP contribution >= 0.6 is 0 Å². The lowest BCUT2D eigenvalue weighted by molar-refractivity contribution is 0.296. The first-order chi connectivity index (χ1) is 7.40. The van der Waals surface area contributed by atoms with Crippen LogP contribution in [0.5, 0.6) is 0 Å². The fourth-order valence-electron chi connectivity index (χ4n) is 2.06. The molecule has 0 amide bonds. The van der Waals surface area contributed by atoms with Crippen LogP contribution in [0, 0.1) is 0 Å². The first kappa shape index (κ1) is 10.5. The molecule has 5 heteroatoms. The Labute approximate surface area is 90.2 Å². The number of likely N-dealkylation sites (N-methyl/N-ethyl adjacent to an activating group) is 1. The molecule has 1 N–H and O–H groups in total. The Morgan fingerprint density at radius 1 is 1.33 bits per heavy atom. The first-order valence-corrected chi connectivity index (χ1v) is 5.83. The van der Waals surface area contributed by atoms with Gasteiger partial charge in [-0.15, -0.1) is 10.2 Å². The minimum absolute atomic E-state index is 0.495. The largest absolute Gasteiger partial charge is 0.319 e. The molecule has 0 aliphatic heterocycles. The molecular weight excluding hydrogens is 190 g/mol. The van der Waals surface area contributed by atoms with Crippen LogP contribution in [0.1, 0.15) is 44.0 Å². The maximum atomic E-state index is 4.43. The zero-order valence-electron chi connectivity index (χ0n) is 9.32. The molecule has 1 aliphatic carbocycles. The Morgan fingerprint density at radius 3 is 2.87 bits per heavy atom. The van der Waals surface area contributed by atoms with Crippen molar-refractivity contribution < 1.29 is 0 Å². The Kier molecular flexibility index (Phi) is 3.66. The van der Waals surface area contributed by atoms with E-state index in [1.165, 1.54) is 32.1 Å². The van der Waals surface area contributed by atoms with Crippen molar-refractivity contribution in [1.29, 1.82) is 0 Å². The summed E-state index contributed by atoms with van der Waals surface area (Å²) in [6.45, 7) is 0.913. The van der Waals surface area contributed by atoms with Gasteiger partial charge < -0.3 is 5.32 Å². The average Bonchev–Trinajstić information content (AvgIpc) is 2.76. The number of tetrazole rings is 1. The topological polar surface area (TPSA) is 55.6 Å². The third-order valence-corrected chi connectivity index (χ3v) is 2.97. The molecule has 0 saturated heterocycles. The molecule has 0 spiro atoms. The van der Waals surface area contributed by atoms with Gasteiger partial charge in [0, 0.05) is 13.0 Å². The summed E-state index contributed by atoms with van der Waals surface area (Å²) in [5, 5.41) is 15.7. The van der Waals surface area contributed by atoms with Crippen molar-refractivity contribution in [2.24, 2.45) is 0 Å². The van der Waals surface area contributed by atoms with Crippen molar-refractivity contribution >= 4 is 0 Å². The highest BCUT2D eigenvalue weighted by atomic mass is 15.6. The fraction of sp³-hybridized carbons (Fsp3) is 0.900. The Bertz CT molecular complexity index is 290. The lowest BCUT2D eigenvalue weighted by Gasteiger charge is -2.19. The highest BCUT2D eigenvalue weighted by Gasteiger charge is 2.17. The van der Waals surface area contributed by atoms with Gasteiger partial charge in [-0.3, -0.25) is 0 Å². The van der Waals surface area contributed by atoms with E-state index in [0.717, 1.165) is 18.8 Å². The van der Waals surface area contributed by atoms with Crippen LogP contribution in [-0.4, -0.2) is 33.8 Å². The minimum atomic E-state index is 0.495. The van der Waals surface area contributed by atoms with Crippen LogP contribution in [0.4, 0.5) is 0 Å². The number of nitrogens with zero attached hydrogens (tertiary/aromatic N) is 4. The maximum Gasteiger partial charge on any atom is 0.176 e. The molecule has 0 radical (unpaired) electrons. The van der Waals surface area contributed by atoms with Crippen molar-refractivity contribution in [3.63, 3.8) is 0 Å². The summed E-state index contributed by atoms with van der Waals surface area (Å²) in [6, 6.07) is 0.495. The van der Waals surface area contributed by atoms with E-state index in [1.54, 1.807) is 0 Å². The normalized spacial score (nSPS) is 18.2. The zero-order chi connectivity index (χ0) is 10.5. The number of hydrogen-bond acceptors (Lipinski definition) is 4. The molecule has 0 unspecified atom stereocenters. The molecule has 1 aromatic heterocycles. The van der Waals surface area contributed by atoms with Gasteiger partial charge in [-0.1, -0.05) is 19.3 Å². The molecule has 0 atom stereocenters. The van der Waals surface area contributed by atoms with Gasteiger partial charge >= 0.3 is 0 Å². The Morgan fingerprint density at radius 2 is 2.13 bits per heavy atom. The standard InChI is InChI=1S/C10H19N5/c1-11-8-7-10-12-14-15(13-10)9-5-3-2-4-6-9/h9,11H,2-8H2,1H3. The third-order valence-electron chi connectivity index (χ3n) is 2.97. The molecule has 0 aromatic carbocycles. The van der Waals surface area contributed by atoms with Crippen LogP contribution < -0.4 is 5.32 Å². The van der Waals surface area contributed by atoms with Gasteiger partial charge in [0.15, 0.2) is 5.82 Å². The quantitative estimate of drug-likeness (QED) is 0.802. The molecule has 84 valence electrons. The van der Waals surface area contributed by atoms with Crippen LogP contribution in [0.2, 0.25) is 0 Å². The number of aromatic nitrogens is 4. The van der Waals surface area contributed by atoms with Crippen LogP contribution in [0.15, 0.2) is 0 Å². The lowest BCUT2D eigenvalue weighted by atomic mass is 9.96. The van der Waals surface area contributed by atoms with E-state index in [2.05, 4.69) is 20.7 Å². The molecule has 1 aromatic rings. The summed E-state index contributed by atoms with van der Waals surface area (Å²) in [5.74, 6) is 0.856. The van der Waals surface area contributed by atoms with Gasteiger partial charge in [0.2, 0.25) is 0 Å². The van der Waals surface area contributed by atoms with E-state index in [4.69, 9.17) is 0 Å². The summed E-state index contributed by atoms with van der Waals surface area (Å²) >= 11 is 0. The predicted octanol–water partition coefficient (Wildman–Crippen LogP) is 0.940. The van der Waals surface area contributed by atoms with Gasteiger partial charge in [-0.25, -0.2) is 0 Å². The molecular formula is C10H19N5. The number of hydrogen-bond donors (Lipinski definition) is 1. The zero-order valence-corrected chi connectivity index (χ0v) is 9.32. The first-order valence-electron chi connectivity index (χ1n) is 5.83. The molecule has 5 nitrogen and oxygen atoms in total. The average molecular weight is 209 g/mol. The number of rotatable bonds is 4. The van der Waals surface area contributed by atoms with E-state index in [0.29, 0.717) is 6.04 Å². The van der Waals surface area contributed by atoms with E-state index in [1.807, 2.05) is 11.8 Å². The monoisotopic (exact) mass is 209 g/mol. The van der Waals surface area contributed by atoms with Crippen molar-refractivity contribution in [2.45, 2.75) is 44.6 Å². The second-order valence-electron chi connectivity index (χ2n) is 4.17. The van der Waals surface area contributed by atoms with Crippen LogP contribution in [-0.2, 0) is 6.42 Å². The Balaban J connectivity index is 1.93. The van der Waals surface area contributed by atoms with Crippen LogP contribution in [0.3, 0.4) is 0 Å². The molecule has 2 rings (SSSR count). The molecule has 0 bridgehead atoms. The Hall–Kier alpha value is -0.970. The lowest BCUT2D eigenvalue weighted by Crippen LogP contribution is -2.16. The second kappa shape index (κ2) is 5.21. The highest BCUT2D eigenvalue weighted by molar-refractivity contribution is 4.79. The van der Waals surface area contributed by atoms with Gasteiger partial charge in [-0.05, 0) is 25.1 Å². The van der Waals surface area contributed by atoms with Crippen molar-refractivity contribution in [1.82, 2.24) is 25.5 Å². The van der Waals surface area contributed by atoms with Crippen molar-refractivity contribution in [3.8, 4) is 0 Å². The van der Waals surface area contributed by atoms with E-state index < -0.39 is 0 Å². The summed E-state index contributed by atoms with van der Waals surface area (Å²) in [5.41, 5.74) is 0. The summed E-state index contributed by atoms with van der Waals surface area (Å²) in [4.78, 5) is 1.82. The van der Waals surface area contributed by atoms with Crippen molar-refractivity contribution in [3.05, 3.63) is 5.82 Å². The predicted molar refractivity (Wildman–Crippen MR) is 57.6 cm³/mol. The van der Waals surface area contributed by atoms with E-state index >= 15 is 0 Å². The third kappa shape index (κ3) is 2.75. The second-order valence-corrected chi connectivity index (χ2v) is 4.17. The van der Waals surface area contributed by atoms with Crippen molar-refractivity contribution in [2.75, 3.05) is 13.6 Å². The molecule has 1 saturated carbocycles. The summed E-state index contributed by atoms with van der Waals surface area (Å²) in [6.07, 6.45) is 7.25. The van der Waals surface area contributed by atoms with Crippen LogP contribution in [0.25, 0.3) is 0 Å². The smallest absolute Gasteiger partial charge is 0.176 e. The number of nitrogens with one attached hydrogen (secondary N) is 1. The highest BCUT2D eigenvalue weighted by Crippen LogP contribution is 2.26. The van der Waals surface area contributed by atoms with Gasteiger partial charge in [0.1, 0.15) is 0 Å². The molecule has 1 aliphatic rings.